The highest BCUT2D eigenvalue weighted by atomic mass is 16.2. The van der Waals surface area contributed by atoms with E-state index in [1.54, 1.807) is 0 Å². The van der Waals surface area contributed by atoms with Crippen molar-refractivity contribution in [3.05, 3.63) is 173 Å². The Morgan fingerprint density at radius 3 is 1.43 bits per heavy atom. The standard InChI is InChI=1S/C51H43N3O2/c1-30(2)32-18-15-19-33(31(3)4)48(32)54-49(55)36-26-28-44(52-40-22-11-7-16-34(40)35-17-8-12-23-41(35)52)47-45(29-27-37(46(36)47)50(54)56)53-42-24-13-9-20-38(42)51(5,6)39-21-10-14-25-43(39)53/h7-31H,1-6H3. The first-order valence-corrected chi connectivity index (χ1v) is 19.7. The maximum absolute atomic E-state index is 15.2. The van der Waals surface area contributed by atoms with E-state index in [4.69, 9.17) is 0 Å². The Hall–Kier alpha value is -6.46. The third-order valence-electron chi connectivity index (χ3n) is 12.2. The van der Waals surface area contributed by atoms with E-state index in [-0.39, 0.29) is 29.1 Å². The number of rotatable bonds is 5. The molecule has 274 valence electrons. The Morgan fingerprint density at radius 2 is 0.911 bits per heavy atom. The molecular formula is C51H43N3O2. The number of anilines is 4. The second kappa shape index (κ2) is 12.3. The number of amides is 2. The lowest BCUT2D eigenvalue weighted by Gasteiger charge is -2.42. The molecule has 0 aliphatic carbocycles. The summed E-state index contributed by atoms with van der Waals surface area (Å²) in [6.07, 6.45) is 0. The molecule has 0 atom stereocenters. The van der Waals surface area contributed by atoms with E-state index < -0.39 is 0 Å². The van der Waals surface area contributed by atoms with Gasteiger partial charge in [0.15, 0.2) is 0 Å². The monoisotopic (exact) mass is 729 g/mol. The summed E-state index contributed by atoms with van der Waals surface area (Å²) in [5.74, 6) is -0.383. The van der Waals surface area contributed by atoms with E-state index in [1.165, 1.54) is 16.0 Å². The van der Waals surface area contributed by atoms with Crippen LogP contribution in [0, 0.1) is 0 Å². The maximum Gasteiger partial charge on any atom is 0.266 e. The second-order valence-electron chi connectivity index (χ2n) is 16.4. The third-order valence-corrected chi connectivity index (χ3v) is 12.2. The fraction of sp³-hybridized carbons (Fsp3) is 0.176. The summed E-state index contributed by atoms with van der Waals surface area (Å²) in [7, 11) is 0. The van der Waals surface area contributed by atoms with Gasteiger partial charge in [-0.05, 0) is 82.6 Å². The number of benzene rings is 7. The van der Waals surface area contributed by atoms with Crippen LogP contribution in [-0.4, -0.2) is 16.4 Å². The quantitative estimate of drug-likeness (QED) is 0.166. The first-order chi connectivity index (χ1) is 27.1. The Kier molecular flexibility index (Phi) is 7.47. The largest absolute Gasteiger partial charge is 0.309 e. The lowest BCUT2D eigenvalue weighted by Crippen LogP contribution is -2.42. The molecule has 10 rings (SSSR count). The first kappa shape index (κ1) is 34.1. The molecule has 2 amide bonds. The molecule has 0 radical (unpaired) electrons. The molecular weight excluding hydrogens is 687 g/mol. The van der Waals surface area contributed by atoms with Crippen LogP contribution in [0.1, 0.15) is 96.3 Å². The van der Waals surface area contributed by atoms with Crippen molar-refractivity contribution in [2.45, 2.75) is 58.8 Å². The number of fused-ring (bicyclic) bond motifs is 5. The van der Waals surface area contributed by atoms with Gasteiger partial charge in [-0.3, -0.25) is 9.59 Å². The summed E-state index contributed by atoms with van der Waals surface area (Å²) in [6.45, 7) is 13.1. The number of aromatic nitrogens is 1. The van der Waals surface area contributed by atoms with Crippen LogP contribution in [0.5, 0.6) is 0 Å². The lowest BCUT2D eigenvalue weighted by molar-refractivity contribution is 0.0893. The van der Waals surface area contributed by atoms with Gasteiger partial charge in [-0.2, -0.15) is 0 Å². The Morgan fingerprint density at radius 1 is 0.446 bits per heavy atom. The molecule has 0 saturated heterocycles. The third kappa shape index (κ3) is 4.60. The van der Waals surface area contributed by atoms with Crippen LogP contribution in [-0.2, 0) is 5.41 Å². The van der Waals surface area contributed by atoms with Crippen LogP contribution < -0.4 is 9.80 Å². The molecule has 5 heteroatoms. The Labute approximate surface area is 327 Å². The van der Waals surface area contributed by atoms with E-state index in [0.29, 0.717) is 22.2 Å². The number of hydrogen-bond donors (Lipinski definition) is 0. The SMILES string of the molecule is CC(C)c1cccc(C(C)C)c1N1C(=O)c2ccc(N3c4ccccc4C(C)(C)c4ccccc43)c3c(-n4c5ccccc5c5ccccc54)ccc(c23)C1=O. The molecule has 0 N–H and O–H groups in total. The highest BCUT2D eigenvalue weighted by molar-refractivity contribution is 6.38. The van der Waals surface area contributed by atoms with Gasteiger partial charge in [0.25, 0.3) is 11.8 Å². The number of imide groups is 1. The number of nitrogens with zero attached hydrogens (tertiary/aromatic N) is 3. The van der Waals surface area contributed by atoms with Crippen LogP contribution in [0.3, 0.4) is 0 Å². The number of hydrogen-bond acceptors (Lipinski definition) is 3. The van der Waals surface area contributed by atoms with Crippen molar-refractivity contribution < 1.29 is 9.59 Å². The molecule has 5 nitrogen and oxygen atoms in total. The summed E-state index contributed by atoms with van der Waals surface area (Å²) in [5, 5.41) is 3.83. The van der Waals surface area contributed by atoms with Gasteiger partial charge in [-0.1, -0.05) is 133 Å². The molecule has 2 aliphatic rings. The average molecular weight is 730 g/mol. The topological polar surface area (TPSA) is 45.6 Å². The summed E-state index contributed by atoms with van der Waals surface area (Å²) in [6, 6.07) is 48.5. The van der Waals surface area contributed by atoms with Gasteiger partial charge in [-0.15, -0.1) is 0 Å². The average Bonchev–Trinajstić information content (AvgIpc) is 3.54. The normalized spacial score (nSPS) is 14.7. The van der Waals surface area contributed by atoms with Crippen LogP contribution in [0.15, 0.2) is 140 Å². The Balaban J connectivity index is 1.34. The summed E-state index contributed by atoms with van der Waals surface area (Å²) in [4.78, 5) is 34.3. The molecule has 56 heavy (non-hydrogen) atoms. The van der Waals surface area contributed by atoms with Crippen molar-refractivity contribution in [2.75, 3.05) is 9.80 Å². The molecule has 3 heterocycles. The molecule has 2 aliphatic heterocycles. The summed E-state index contributed by atoms with van der Waals surface area (Å²) in [5.41, 5.74) is 12.0. The molecule has 1 aromatic heterocycles. The van der Waals surface area contributed by atoms with Crippen molar-refractivity contribution in [3.8, 4) is 5.69 Å². The van der Waals surface area contributed by atoms with Crippen molar-refractivity contribution in [1.82, 2.24) is 4.57 Å². The lowest BCUT2D eigenvalue weighted by atomic mass is 9.73. The maximum atomic E-state index is 15.2. The number of para-hydroxylation sites is 5. The van der Waals surface area contributed by atoms with Crippen molar-refractivity contribution in [1.29, 1.82) is 0 Å². The molecule has 7 aromatic carbocycles. The zero-order valence-corrected chi connectivity index (χ0v) is 32.6. The van der Waals surface area contributed by atoms with Gasteiger partial charge in [0.1, 0.15) is 0 Å². The van der Waals surface area contributed by atoms with Crippen LogP contribution in [0.4, 0.5) is 22.7 Å². The van der Waals surface area contributed by atoms with Gasteiger partial charge in [0, 0.05) is 38.1 Å². The minimum Gasteiger partial charge on any atom is -0.309 e. The van der Waals surface area contributed by atoms with Gasteiger partial charge in [0.2, 0.25) is 0 Å². The molecule has 0 spiro atoms. The molecule has 8 aromatic rings. The number of carbonyl (C=O) groups is 2. The molecule has 0 saturated carbocycles. The van der Waals surface area contributed by atoms with Gasteiger partial charge in [-0.25, -0.2) is 4.90 Å². The van der Waals surface area contributed by atoms with E-state index in [1.807, 2.05) is 18.2 Å². The fourth-order valence-corrected chi connectivity index (χ4v) is 9.61. The van der Waals surface area contributed by atoms with E-state index >= 15 is 9.59 Å². The highest BCUT2D eigenvalue weighted by Crippen LogP contribution is 2.54. The van der Waals surface area contributed by atoms with Crippen LogP contribution in [0.2, 0.25) is 0 Å². The summed E-state index contributed by atoms with van der Waals surface area (Å²) < 4.78 is 2.31. The smallest absolute Gasteiger partial charge is 0.266 e. The van der Waals surface area contributed by atoms with Crippen LogP contribution >= 0.6 is 0 Å². The van der Waals surface area contributed by atoms with Crippen molar-refractivity contribution in [2.24, 2.45) is 0 Å². The predicted molar refractivity (Wildman–Crippen MR) is 231 cm³/mol. The van der Waals surface area contributed by atoms with Gasteiger partial charge < -0.3 is 9.47 Å². The van der Waals surface area contributed by atoms with Crippen LogP contribution in [0.25, 0.3) is 38.3 Å². The van der Waals surface area contributed by atoms with Gasteiger partial charge >= 0.3 is 0 Å². The predicted octanol–water partition coefficient (Wildman–Crippen LogP) is 13.1. The van der Waals surface area contributed by atoms with Crippen molar-refractivity contribution in [3.63, 3.8) is 0 Å². The first-order valence-electron chi connectivity index (χ1n) is 19.7. The van der Waals surface area contributed by atoms with E-state index in [0.717, 1.165) is 61.1 Å². The van der Waals surface area contributed by atoms with E-state index in [9.17, 15) is 0 Å². The molecule has 0 unspecified atom stereocenters. The molecule has 0 fully saturated rings. The number of carbonyl (C=O) groups excluding carboxylic acids is 2. The zero-order valence-electron chi connectivity index (χ0n) is 32.6. The Bertz CT molecular complexity index is 2810. The molecule has 0 bridgehead atoms. The summed E-state index contributed by atoms with van der Waals surface area (Å²) >= 11 is 0. The minimum absolute atomic E-state index is 0.106. The van der Waals surface area contributed by atoms with E-state index in [2.05, 4.69) is 172 Å². The second-order valence-corrected chi connectivity index (χ2v) is 16.4. The zero-order chi connectivity index (χ0) is 38.6. The fourth-order valence-electron chi connectivity index (χ4n) is 9.61. The van der Waals surface area contributed by atoms with Crippen molar-refractivity contribution >= 4 is 67.1 Å². The van der Waals surface area contributed by atoms with Gasteiger partial charge in [0.05, 0.1) is 39.5 Å². The highest BCUT2D eigenvalue weighted by Gasteiger charge is 2.41. The minimum atomic E-state index is -0.297.